The van der Waals surface area contributed by atoms with E-state index in [2.05, 4.69) is 15.3 Å². The first-order valence-corrected chi connectivity index (χ1v) is 8.94. The van der Waals surface area contributed by atoms with Gasteiger partial charge in [-0.15, -0.1) is 0 Å². The summed E-state index contributed by atoms with van der Waals surface area (Å²) in [4.78, 5) is 20.1. The van der Waals surface area contributed by atoms with Crippen LogP contribution in [-0.2, 0) is 6.42 Å². The summed E-state index contributed by atoms with van der Waals surface area (Å²) >= 11 is 0. The number of hydrogen-bond acceptors (Lipinski definition) is 2. The zero-order valence-electron chi connectivity index (χ0n) is 15.3. The second-order valence-electron chi connectivity index (χ2n) is 6.73. The van der Waals surface area contributed by atoms with Crippen molar-refractivity contribution >= 4 is 27.7 Å². The molecule has 0 aliphatic carbocycles. The Bertz CT molecular complexity index is 1160. The number of nitrogens with one attached hydrogen (secondary N) is 2. The fourth-order valence-electron chi connectivity index (χ4n) is 3.64. The van der Waals surface area contributed by atoms with Crippen molar-refractivity contribution in [3.05, 3.63) is 76.9 Å². The Morgan fingerprint density at radius 2 is 1.96 bits per heavy atom. The highest BCUT2D eigenvalue weighted by Crippen LogP contribution is 2.27. The number of benzene rings is 2. The van der Waals surface area contributed by atoms with Crippen molar-refractivity contribution in [3.63, 3.8) is 0 Å². The van der Waals surface area contributed by atoms with E-state index >= 15 is 0 Å². The molecule has 2 heterocycles. The zero-order valence-corrected chi connectivity index (χ0v) is 15.3. The molecule has 0 radical (unpaired) electrons. The first-order valence-electron chi connectivity index (χ1n) is 8.94. The molecule has 136 valence electrons. The van der Waals surface area contributed by atoms with Gasteiger partial charge in [-0.1, -0.05) is 24.3 Å². The number of aromatic nitrogens is 2. The van der Waals surface area contributed by atoms with E-state index in [1.54, 1.807) is 18.3 Å². The number of carbonyl (C=O) groups is 1. The van der Waals surface area contributed by atoms with Crippen LogP contribution in [0.5, 0.6) is 0 Å². The molecule has 2 N–H and O–H groups in total. The van der Waals surface area contributed by atoms with Gasteiger partial charge in [0.05, 0.1) is 16.6 Å². The number of carbonyl (C=O) groups excluding carboxylic acids is 1. The monoisotopic (exact) mass is 361 g/mol. The van der Waals surface area contributed by atoms with Crippen LogP contribution in [-0.4, -0.2) is 22.4 Å². The fraction of sp³-hybridized carbons (Fsp3) is 0.182. The molecule has 0 spiro atoms. The second kappa shape index (κ2) is 6.83. The number of aryl methyl sites for hydroxylation is 2. The van der Waals surface area contributed by atoms with Crippen LogP contribution in [0.25, 0.3) is 21.8 Å². The number of pyridine rings is 1. The summed E-state index contributed by atoms with van der Waals surface area (Å²) in [7, 11) is 0. The van der Waals surface area contributed by atoms with Crippen LogP contribution in [0.2, 0.25) is 0 Å². The Morgan fingerprint density at radius 1 is 1.15 bits per heavy atom. The van der Waals surface area contributed by atoms with Crippen molar-refractivity contribution < 1.29 is 9.18 Å². The Balaban J connectivity index is 1.55. The maximum atomic E-state index is 14.1. The van der Waals surface area contributed by atoms with Gasteiger partial charge in [-0.05, 0) is 49.6 Å². The molecule has 0 fully saturated rings. The predicted octanol–water partition coefficient (Wildman–Crippen LogP) is 4.44. The van der Waals surface area contributed by atoms with E-state index in [-0.39, 0.29) is 11.7 Å². The van der Waals surface area contributed by atoms with Gasteiger partial charge in [0.1, 0.15) is 5.82 Å². The van der Waals surface area contributed by atoms with Crippen molar-refractivity contribution in [3.8, 4) is 0 Å². The SMILES string of the molecule is Cc1[nH]c2c(F)ccc(C)c2c1CCNC(=O)c1cccc2cccnc12. The zero-order chi connectivity index (χ0) is 19.0. The summed E-state index contributed by atoms with van der Waals surface area (Å²) in [5.74, 6) is -0.407. The first kappa shape index (κ1) is 17.2. The van der Waals surface area contributed by atoms with Crippen LogP contribution in [0, 0.1) is 19.7 Å². The number of aromatic amines is 1. The van der Waals surface area contributed by atoms with E-state index in [1.807, 2.05) is 38.1 Å². The minimum atomic E-state index is -0.254. The number of hydrogen-bond donors (Lipinski definition) is 2. The minimum Gasteiger partial charge on any atom is -0.356 e. The highest BCUT2D eigenvalue weighted by molar-refractivity contribution is 6.05. The van der Waals surface area contributed by atoms with Crippen LogP contribution in [0.1, 0.15) is 27.2 Å². The molecule has 0 saturated heterocycles. The number of para-hydroxylation sites is 1. The number of fused-ring (bicyclic) bond motifs is 2. The van der Waals surface area contributed by atoms with E-state index in [4.69, 9.17) is 0 Å². The Morgan fingerprint density at radius 3 is 2.81 bits per heavy atom. The van der Waals surface area contributed by atoms with Gasteiger partial charge in [-0.25, -0.2) is 4.39 Å². The lowest BCUT2D eigenvalue weighted by Crippen LogP contribution is -2.26. The van der Waals surface area contributed by atoms with Gasteiger partial charge in [0.25, 0.3) is 5.91 Å². The van der Waals surface area contributed by atoms with Gasteiger partial charge in [0, 0.05) is 29.2 Å². The topological polar surface area (TPSA) is 57.8 Å². The molecule has 0 aliphatic heterocycles. The third-order valence-electron chi connectivity index (χ3n) is 4.97. The van der Waals surface area contributed by atoms with Crippen molar-refractivity contribution in [1.29, 1.82) is 0 Å². The maximum absolute atomic E-state index is 14.1. The number of amides is 1. The maximum Gasteiger partial charge on any atom is 0.253 e. The molecule has 0 unspecified atom stereocenters. The summed E-state index contributed by atoms with van der Waals surface area (Å²) in [6, 6.07) is 12.6. The third kappa shape index (κ3) is 3.05. The van der Waals surface area contributed by atoms with E-state index in [1.165, 1.54) is 6.07 Å². The molecular weight excluding hydrogens is 341 g/mol. The lowest BCUT2D eigenvalue weighted by molar-refractivity contribution is 0.0955. The summed E-state index contributed by atoms with van der Waals surface area (Å²) in [5, 5.41) is 4.81. The third-order valence-corrected chi connectivity index (χ3v) is 4.97. The second-order valence-corrected chi connectivity index (χ2v) is 6.73. The normalized spacial score (nSPS) is 11.2. The van der Waals surface area contributed by atoms with Crippen molar-refractivity contribution in [2.45, 2.75) is 20.3 Å². The molecule has 4 aromatic rings. The molecule has 0 atom stereocenters. The van der Waals surface area contributed by atoms with Crippen LogP contribution in [0.15, 0.2) is 48.7 Å². The highest BCUT2D eigenvalue weighted by Gasteiger charge is 2.15. The molecular formula is C22H20FN3O. The number of H-pyrrole nitrogens is 1. The quantitative estimate of drug-likeness (QED) is 0.564. The Kier molecular flexibility index (Phi) is 4.36. The lowest BCUT2D eigenvalue weighted by Gasteiger charge is -2.08. The molecule has 0 saturated carbocycles. The van der Waals surface area contributed by atoms with Gasteiger partial charge in [-0.2, -0.15) is 0 Å². The van der Waals surface area contributed by atoms with E-state index in [0.29, 0.717) is 29.6 Å². The average molecular weight is 361 g/mol. The van der Waals surface area contributed by atoms with Gasteiger partial charge in [0.15, 0.2) is 0 Å². The van der Waals surface area contributed by atoms with Gasteiger partial charge in [0.2, 0.25) is 0 Å². The molecule has 1 amide bonds. The highest BCUT2D eigenvalue weighted by atomic mass is 19.1. The molecule has 4 nitrogen and oxygen atoms in total. The smallest absolute Gasteiger partial charge is 0.253 e. The van der Waals surface area contributed by atoms with Gasteiger partial charge >= 0.3 is 0 Å². The molecule has 0 aliphatic rings. The van der Waals surface area contributed by atoms with Crippen LogP contribution >= 0.6 is 0 Å². The van der Waals surface area contributed by atoms with Crippen molar-refractivity contribution in [2.24, 2.45) is 0 Å². The standard InChI is InChI=1S/C22H20FN3O/c1-13-8-9-18(23)21-19(13)16(14(2)26-21)10-12-25-22(27)17-7-3-5-15-6-4-11-24-20(15)17/h3-9,11,26H,10,12H2,1-2H3,(H,25,27). The van der Waals surface area contributed by atoms with E-state index in [0.717, 1.165) is 27.6 Å². The Labute approximate surface area is 156 Å². The van der Waals surface area contributed by atoms with Crippen LogP contribution < -0.4 is 5.32 Å². The summed E-state index contributed by atoms with van der Waals surface area (Å²) < 4.78 is 14.1. The molecule has 0 bridgehead atoms. The molecule has 5 heteroatoms. The molecule has 27 heavy (non-hydrogen) atoms. The van der Waals surface area contributed by atoms with Crippen LogP contribution in [0.3, 0.4) is 0 Å². The van der Waals surface area contributed by atoms with Crippen molar-refractivity contribution in [1.82, 2.24) is 15.3 Å². The minimum absolute atomic E-state index is 0.153. The number of nitrogens with zero attached hydrogens (tertiary/aromatic N) is 1. The first-order chi connectivity index (χ1) is 13.1. The molecule has 2 aromatic carbocycles. The van der Waals surface area contributed by atoms with E-state index < -0.39 is 0 Å². The van der Waals surface area contributed by atoms with Gasteiger partial charge in [-0.3, -0.25) is 9.78 Å². The number of halogens is 1. The summed E-state index contributed by atoms with van der Waals surface area (Å²) in [6.45, 7) is 4.37. The molecule has 2 aromatic heterocycles. The fourth-order valence-corrected chi connectivity index (χ4v) is 3.64. The Hall–Kier alpha value is -3.21. The number of rotatable bonds is 4. The largest absolute Gasteiger partial charge is 0.356 e. The lowest BCUT2D eigenvalue weighted by atomic mass is 10.0. The molecule has 4 rings (SSSR count). The van der Waals surface area contributed by atoms with Gasteiger partial charge < -0.3 is 10.3 Å². The average Bonchev–Trinajstić information content (AvgIpc) is 3.02. The van der Waals surface area contributed by atoms with Crippen molar-refractivity contribution in [2.75, 3.05) is 6.54 Å². The predicted molar refractivity (Wildman–Crippen MR) is 106 cm³/mol. The van der Waals surface area contributed by atoms with Crippen LogP contribution in [0.4, 0.5) is 4.39 Å². The van der Waals surface area contributed by atoms with E-state index in [9.17, 15) is 9.18 Å². The summed E-state index contributed by atoms with van der Waals surface area (Å²) in [6.07, 6.45) is 2.31. The summed E-state index contributed by atoms with van der Waals surface area (Å²) in [5.41, 5.74) is 4.78.